The highest BCUT2D eigenvalue weighted by atomic mass is 16.4. The Morgan fingerprint density at radius 2 is 1.79 bits per heavy atom. The number of aliphatic carboxylic acids is 1. The summed E-state index contributed by atoms with van der Waals surface area (Å²) >= 11 is 0. The van der Waals surface area contributed by atoms with Gasteiger partial charge in [0.1, 0.15) is 5.65 Å². The average molecular weight is 265 g/mol. The van der Waals surface area contributed by atoms with Crippen LogP contribution in [-0.4, -0.2) is 24.8 Å². The fourth-order valence-electron chi connectivity index (χ4n) is 2.29. The number of carboxylic acids is 1. The van der Waals surface area contributed by atoms with Crippen LogP contribution in [0.3, 0.4) is 0 Å². The molecule has 7 nitrogen and oxygen atoms in total. The molecule has 1 N–H and O–H groups in total. The van der Waals surface area contributed by atoms with Gasteiger partial charge in [-0.05, 0) is 12.5 Å². The first kappa shape index (κ1) is 13.1. The zero-order chi connectivity index (χ0) is 14.5. The molecule has 0 fully saturated rings. The minimum Gasteiger partial charge on any atom is -0.481 e. The summed E-state index contributed by atoms with van der Waals surface area (Å²) in [7, 11) is 4.62. The van der Waals surface area contributed by atoms with Crippen LogP contribution in [0.15, 0.2) is 15.8 Å². The van der Waals surface area contributed by atoms with Gasteiger partial charge in [-0.3, -0.25) is 18.7 Å². The Bertz CT molecular complexity index is 794. The smallest absolute Gasteiger partial charge is 0.332 e. The van der Waals surface area contributed by atoms with Crippen LogP contribution in [-0.2, 0) is 25.9 Å². The maximum atomic E-state index is 12.2. The summed E-state index contributed by atoms with van der Waals surface area (Å²) in [5.74, 6) is -1.82. The lowest BCUT2D eigenvalue weighted by molar-refractivity contribution is -0.138. The maximum absolute atomic E-state index is 12.2. The molecular formula is C12H15N3O4. The number of carbonyl (C=O) groups is 1. The van der Waals surface area contributed by atoms with Gasteiger partial charge in [0.15, 0.2) is 0 Å². The van der Waals surface area contributed by atoms with Gasteiger partial charge in [0.05, 0.1) is 11.3 Å². The van der Waals surface area contributed by atoms with Crippen LogP contribution < -0.4 is 11.2 Å². The Morgan fingerprint density at radius 3 is 2.32 bits per heavy atom. The lowest BCUT2D eigenvalue weighted by atomic mass is 10.0. The zero-order valence-electron chi connectivity index (χ0n) is 11.2. The number of rotatable bonds is 2. The third-order valence-electron chi connectivity index (χ3n) is 3.43. The highest BCUT2D eigenvalue weighted by Crippen LogP contribution is 2.23. The first-order valence-electron chi connectivity index (χ1n) is 5.75. The SMILES string of the molecule is CC(C(=O)O)c1cn(C)c2c1c(=O)n(C)c(=O)n2C. The summed E-state index contributed by atoms with van der Waals surface area (Å²) in [4.78, 5) is 35.2. The van der Waals surface area contributed by atoms with Gasteiger partial charge < -0.3 is 9.67 Å². The molecule has 0 saturated heterocycles. The molecule has 2 aromatic heterocycles. The summed E-state index contributed by atoms with van der Waals surface area (Å²) in [6.45, 7) is 1.52. The van der Waals surface area contributed by atoms with Crippen molar-refractivity contribution in [2.75, 3.05) is 0 Å². The first-order valence-corrected chi connectivity index (χ1v) is 5.75. The van der Waals surface area contributed by atoms with E-state index in [-0.39, 0.29) is 5.39 Å². The summed E-state index contributed by atoms with van der Waals surface area (Å²) in [6.07, 6.45) is 1.59. The van der Waals surface area contributed by atoms with Crippen molar-refractivity contribution >= 4 is 17.0 Å². The minimum atomic E-state index is -1.01. The molecule has 1 unspecified atom stereocenters. The normalized spacial score (nSPS) is 12.8. The Morgan fingerprint density at radius 1 is 1.21 bits per heavy atom. The standard InChI is InChI=1S/C12H15N3O4/c1-6(11(17)18)7-5-13(2)9-8(7)10(16)15(4)12(19)14(9)3/h5-6H,1-4H3,(H,17,18). The van der Waals surface area contributed by atoms with Crippen LogP contribution in [0.2, 0.25) is 0 Å². The minimum absolute atomic E-state index is 0.280. The van der Waals surface area contributed by atoms with Crippen LogP contribution in [0.4, 0.5) is 0 Å². The van der Waals surface area contributed by atoms with E-state index in [4.69, 9.17) is 5.11 Å². The van der Waals surface area contributed by atoms with Crippen molar-refractivity contribution in [2.45, 2.75) is 12.8 Å². The Labute approximate surface area is 108 Å². The number of hydrogen-bond donors (Lipinski definition) is 1. The predicted octanol–water partition coefficient (Wildman–Crippen LogP) is -0.236. The molecule has 1 atom stereocenters. The highest BCUT2D eigenvalue weighted by molar-refractivity contribution is 5.87. The van der Waals surface area contributed by atoms with Crippen molar-refractivity contribution in [1.29, 1.82) is 0 Å². The van der Waals surface area contributed by atoms with E-state index < -0.39 is 23.1 Å². The van der Waals surface area contributed by atoms with Gasteiger partial charge in [0.25, 0.3) is 5.56 Å². The first-order chi connectivity index (χ1) is 8.77. The van der Waals surface area contributed by atoms with Crippen LogP contribution in [0.1, 0.15) is 18.4 Å². The van der Waals surface area contributed by atoms with Crippen molar-refractivity contribution in [3.63, 3.8) is 0 Å². The molecule has 2 aromatic rings. The highest BCUT2D eigenvalue weighted by Gasteiger charge is 2.23. The number of hydrogen-bond acceptors (Lipinski definition) is 3. The van der Waals surface area contributed by atoms with Crippen molar-refractivity contribution in [3.8, 4) is 0 Å². The van der Waals surface area contributed by atoms with Gasteiger partial charge in [-0.25, -0.2) is 4.79 Å². The van der Waals surface area contributed by atoms with Crippen molar-refractivity contribution in [1.82, 2.24) is 13.7 Å². The lowest BCUT2D eigenvalue weighted by Crippen LogP contribution is -2.37. The van der Waals surface area contributed by atoms with E-state index in [0.29, 0.717) is 11.2 Å². The van der Waals surface area contributed by atoms with Crippen molar-refractivity contribution in [2.24, 2.45) is 21.1 Å². The van der Waals surface area contributed by atoms with Crippen LogP contribution >= 0.6 is 0 Å². The fraction of sp³-hybridized carbons (Fsp3) is 0.417. The summed E-state index contributed by atoms with van der Waals surface area (Å²) in [5.41, 5.74) is -0.0626. The second-order valence-electron chi connectivity index (χ2n) is 4.66. The van der Waals surface area contributed by atoms with Gasteiger partial charge in [0.2, 0.25) is 0 Å². The zero-order valence-corrected chi connectivity index (χ0v) is 11.2. The number of carboxylic acid groups (broad SMARTS) is 1. The van der Waals surface area contributed by atoms with E-state index in [9.17, 15) is 14.4 Å². The topological polar surface area (TPSA) is 86.2 Å². The third kappa shape index (κ3) is 1.69. The second kappa shape index (κ2) is 4.11. The number of fused-ring (bicyclic) bond motifs is 1. The molecule has 0 aromatic carbocycles. The number of nitrogens with zero attached hydrogens (tertiary/aromatic N) is 3. The van der Waals surface area contributed by atoms with Crippen LogP contribution in [0.25, 0.3) is 11.0 Å². The molecule has 0 amide bonds. The van der Waals surface area contributed by atoms with Crippen molar-refractivity contribution in [3.05, 3.63) is 32.6 Å². The molecular weight excluding hydrogens is 250 g/mol. The lowest BCUT2D eigenvalue weighted by Gasteiger charge is -2.07. The summed E-state index contributed by atoms with van der Waals surface area (Å²) in [6, 6.07) is 0. The van der Waals surface area contributed by atoms with Crippen LogP contribution in [0.5, 0.6) is 0 Å². The van der Waals surface area contributed by atoms with E-state index in [1.165, 1.54) is 18.5 Å². The van der Waals surface area contributed by atoms with Gasteiger partial charge in [-0.1, -0.05) is 0 Å². The predicted molar refractivity (Wildman–Crippen MR) is 69.5 cm³/mol. The van der Waals surface area contributed by atoms with Crippen LogP contribution in [0, 0.1) is 0 Å². The van der Waals surface area contributed by atoms with E-state index in [2.05, 4.69) is 0 Å². The fourth-order valence-corrected chi connectivity index (χ4v) is 2.29. The molecule has 0 aliphatic carbocycles. The summed E-state index contributed by atoms with van der Waals surface area (Å²) in [5, 5.41) is 9.38. The van der Waals surface area contributed by atoms with E-state index in [0.717, 1.165) is 4.57 Å². The largest absolute Gasteiger partial charge is 0.481 e. The third-order valence-corrected chi connectivity index (χ3v) is 3.43. The van der Waals surface area contributed by atoms with E-state index in [1.54, 1.807) is 24.9 Å². The molecule has 0 saturated carbocycles. The molecule has 0 aliphatic heterocycles. The maximum Gasteiger partial charge on any atom is 0.332 e. The van der Waals surface area contributed by atoms with E-state index in [1.807, 2.05) is 0 Å². The molecule has 102 valence electrons. The second-order valence-corrected chi connectivity index (χ2v) is 4.66. The molecule has 0 spiro atoms. The molecule has 0 radical (unpaired) electrons. The van der Waals surface area contributed by atoms with Gasteiger partial charge in [-0.2, -0.15) is 0 Å². The molecule has 0 aliphatic rings. The molecule has 0 bridgehead atoms. The van der Waals surface area contributed by atoms with E-state index >= 15 is 0 Å². The van der Waals surface area contributed by atoms with Crippen molar-refractivity contribution < 1.29 is 9.90 Å². The quantitative estimate of drug-likeness (QED) is 0.812. The summed E-state index contributed by atoms with van der Waals surface area (Å²) < 4.78 is 3.93. The molecule has 7 heteroatoms. The van der Waals surface area contributed by atoms with Gasteiger partial charge in [-0.15, -0.1) is 0 Å². The monoisotopic (exact) mass is 265 g/mol. The molecule has 2 heterocycles. The Balaban J connectivity index is 3.04. The molecule has 19 heavy (non-hydrogen) atoms. The average Bonchev–Trinajstić information content (AvgIpc) is 2.70. The molecule has 2 rings (SSSR count). The number of aryl methyl sites for hydroxylation is 2. The number of aromatic nitrogens is 3. The van der Waals surface area contributed by atoms with Gasteiger partial charge >= 0.3 is 11.7 Å². The Kier molecular flexibility index (Phi) is 2.84. The van der Waals surface area contributed by atoms with Gasteiger partial charge in [0, 0.05) is 27.3 Å². The Hall–Kier alpha value is -2.31.